The van der Waals surface area contributed by atoms with Crippen LogP contribution in [-0.2, 0) is 9.53 Å². The monoisotopic (exact) mass is 172 g/mol. The lowest BCUT2D eigenvalue weighted by Gasteiger charge is -2.36. The van der Waals surface area contributed by atoms with E-state index in [2.05, 4.69) is 0 Å². The van der Waals surface area contributed by atoms with Gasteiger partial charge >= 0.3 is 5.97 Å². The van der Waals surface area contributed by atoms with Crippen LogP contribution in [0.4, 0.5) is 0 Å². The van der Waals surface area contributed by atoms with E-state index >= 15 is 0 Å². The summed E-state index contributed by atoms with van der Waals surface area (Å²) < 4.78 is 4.74. The van der Waals surface area contributed by atoms with Crippen LogP contribution in [0.15, 0.2) is 0 Å². The van der Waals surface area contributed by atoms with Crippen LogP contribution in [0.3, 0.4) is 0 Å². The highest BCUT2D eigenvalue weighted by Gasteiger charge is 2.37. The molecule has 2 unspecified atom stereocenters. The van der Waals surface area contributed by atoms with E-state index in [1.54, 1.807) is 0 Å². The molecule has 12 heavy (non-hydrogen) atoms. The summed E-state index contributed by atoms with van der Waals surface area (Å²) in [6.07, 6.45) is 0.244. The number of rotatable bonds is 0. The normalized spacial score (nSPS) is 31.5. The molecule has 1 saturated heterocycles. The van der Waals surface area contributed by atoms with Crippen LogP contribution >= 0.6 is 0 Å². The third-order valence-corrected chi connectivity index (χ3v) is 2.37. The van der Waals surface area contributed by atoms with Crippen molar-refractivity contribution < 1.29 is 14.6 Å². The first-order chi connectivity index (χ1) is 5.41. The van der Waals surface area contributed by atoms with E-state index in [-0.39, 0.29) is 17.3 Å². The summed E-state index contributed by atoms with van der Waals surface area (Å²) >= 11 is 0. The lowest BCUT2D eigenvalue weighted by atomic mass is 9.77. The minimum absolute atomic E-state index is 0.000116. The molecule has 1 fully saturated rings. The maximum absolute atomic E-state index is 10.8. The van der Waals surface area contributed by atoms with Gasteiger partial charge in [-0.15, -0.1) is 0 Å². The number of aliphatic hydroxyl groups is 1. The van der Waals surface area contributed by atoms with Gasteiger partial charge in [-0.25, -0.2) is 0 Å². The van der Waals surface area contributed by atoms with Gasteiger partial charge in [0.15, 0.2) is 0 Å². The SMILES string of the molecule is CC(C)(C)C1CCC(=O)OC1O. The number of ether oxygens (including phenoxy) is 1. The molecule has 1 N–H and O–H groups in total. The second-order valence-corrected chi connectivity index (χ2v) is 4.39. The summed E-state index contributed by atoms with van der Waals surface area (Å²) in [5, 5.41) is 9.43. The van der Waals surface area contributed by atoms with Crippen molar-refractivity contribution in [2.45, 2.75) is 39.9 Å². The Morgan fingerprint density at radius 1 is 1.50 bits per heavy atom. The molecule has 0 aromatic heterocycles. The van der Waals surface area contributed by atoms with Gasteiger partial charge in [0.2, 0.25) is 6.29 Å². The van der Waals surface area contributed by atoms with Gasteiger partial charge in [0.1, 0.15) is 0 Å². The summed E-state index contributed by atoms with van der Waals surface area (Å²) in [7, 11) is 0. The first kappa shape index (κ1) is 9.52. The van der Waals surface area contributed by atoms with Gasteiger partial charge in [-0.1, -0.05) is 20.8 Å². The average Bonchev–Trinajstić information content (AvgIpc) is 1.83. The van der Waals surface area contributed by atoms with Crippen molar-refractivity contribution in [1.29, 1.82) is 0 Å². The molecule has 0 amide bonds. The minimum Gasteiger partial charge on any atom is -0.436 e. The lowest BCUT2D eigenvalue weighted by Crippen LogP contribution is -2.39. The number of carbonyl (C=O) groups excluding carboxylic acids is 1. The quantitative estimate of drug-likeness (QED) is 0.560. The van der Waals surface area contributed by atoms with Crippen LogP contribution in [0.2, 0.25) is 0 Å². The zero-order valence-electron chi connectivity index (χ0n) is 7.83. The molecule has 0 aromatic rings. The van der Waals surface area contributed by atoms with E-state index in [0.29, 0.717) is 6.42 Å². The van der Waals surface area contributed by atoms with Crippen LogP contribution in [-0.4, -0.2) is 17.4 Å². The van der Waals surface area contributed by atoms with Crippen LogP contribution in [0.1, 0.15) is 33.6 Å². The number of hydrogen-bond donors (Lipinski definition) is 1. The Hall–Kier alpha value is -0.570. The summed E-state index contributed by atoms with van der Waals surface area (Å²) in [5.74, 6) is -0.224. The van der Waals surface area contributed by atoms with E-state index < -0.39 is 6.29 Å². The third kappa shape index (κ3) is 1.97. The second kappa shape index (κ2) is 3.05. The Morgan fingerprint density at radius 3 is 2.50 bits per heavy atom. The molecule has 2 atom stereocenters. The summed E-state index contributed by atoms with van der Waals surface area (Å²) in [6.45, 7) is 6.13. The number of aliphatic hydroxyl groups excluding tert-OH is 1. The molecular formula is C9H16O3. The summed E-state index contributed by atoms with van der Waals surface area (Å²) in [6, 6.07) is 0. The fraction of sp³-hybridized carbons (Fsp3) is 0.889. The molecule has 0 aliphatic carbocycles. The van der Waals surface area contributed by atoms with Crippen LogP contribution in [0.5, 0.6) is 0 Å². The predicted molar refractivity (Wildman–Crippen MR) is 44.3 cm³/mol. The van der Waals surface area contributed by atoms with Gasteiger partial charge in [-0.05, 0) is 11.8 Å². The molecule has 0 saturated carbocycles. The van der Waals surface area contributed by atoms with Crippen molar-refractivity contribution in [2.75, 3.05) is 0 Å². The van der Waals surface area contributed by atoms with Crippen molar-refractivity contribution in [3.05, 3.63) is 0 Å². The molecule has 1 aliphatic rings. The number of cyclic esters (lactones) is 1. The molecule has 3 heteroatoms. The van der Waals surface area contributed by atoms with Gasteiger partial charge in [0, 0.05) is 12.3 Å². The molecule has 0 spiro atoms. The smallest absolute Gasteiger partial charge is 0.308 e. The third-order valence-electron chi connectivity index (χ3n) is 2.37. The fourth-order valence-electron chi connectivity index (χ4n) is 1.55. The maximum Gasteiger partial charge on any atom is 0.308 e. The van der Waals surface area contributed by atoms with Gasteiger partial charge in [-0.3, -0.25) is 4.79 Å². The van der Waals surface area contributed by atoms with Crippen molar-refractivity contribution in [2.24, 2.45) is 11.3 Å². The molecule has 0 radical (unpaired) electrons. The molecule has 70 valence electrons. The first-order valence-electron chi connectivity index (χ1n) is 4.29. The fourth-order valence-corrected chi connectivity index (χ4v) is 1.55. The van der Waals surface area contributed by atoms with Crippen molar-refractivity contribution in [3.63, 3.8) is 0 Å². The molecule has 0 bridgehead atoms. The van der Waals surface area contributed by atoms with E-state index in [1.165, 1.54) is 0 Å². The molecule has 3 nitrogen and oxygen atoms in total. The van der Waals surface area contributed by atoms with E-state index in [0.717, 1.165) is 6.42 Å². The molecular weight excluding hydrogens is 156 g/mol. The Bertz CT molecular complexity index is 181. The zero-order valence-corrected chi connectivity index (χ0v) is 7.83. The van der Waals surface area contributed by atoms with Crippen molar-refractivity contribution >= 4 is 5.97 Å². The average molecular weight is 172 g/mol. The Labute approximate surface area is 72.7 Å². The van der Waals surface area contributed by atoms with Crippen LogP contribution < -0.4 is 0 Å². The minimum atomic E-state index is -0.911. The lowest BCUT2D eigenvalue weighted by molar-refractivity contribution is -0.198. The standard InChI is InChI=1S/C9H16O3/c1-9(2,3)6-4-5-7(10)12-8(6)11/h6,8,11H,4-5H2,1-3H3. The Balaban J connectivity index is 2.62. The topological polar surface area (TPSA) is 46.5 Å². The molecule has 0 aromatic carbocycles. The maximum atomic E-state index is 10.8. The van der Waals surface area contributed by atoms with E-state index in [9.17, 15) is 9.90 Å². The van der Waals surface area contributed by atoms with Gasteiger partial charge < -0.3 is 9.84 Å². The molecule has 1 heterocycles. The second-order valence-electron chi connectivity index (χ2n) is 4.39. The number of esters is 1. The van der Waals surface area contributed by atoms with Gasteiger partial charge in [-0.2, -0.15) is 0 Å². The Kier molecular flexibility index (Phi) is 2.42. The van der Waals surface area contributed by atoms with E-state index in [4.69, 9.17) is 4.74 Å². The zero-order chi connectivity index (χ0) is 9.35. The largest absolute Gasteiger partial charge is 0.436 e. The van der Waals surface area contributed by atoms with Crippen LogP contribution in [0, 0.1) is 11.3 Å². The highest BCUT2D eigenvalue weighted by Crippen LogP contribution is 2.35. The molecule has 1 aliphatic heterocycles. The summed E-state index contributed by atoms with van der Waals surface area (Å²) in [5.41, 5.74) is 0.000116. The molecule has 1 rings (SSSR count). The number of hydrogen-bond acceptors (Lipinski definition) is 3. The van der Waals surface area contributed by atoms with Crippen molar-refractivity contribution in [3.8, 4) is 0 Å². The predicted octanol–water partition coefficient (Wildman–Crippen LogP) is 1.30. The van der Waals surface area contributed by atoms with Crippen molar-refractivity contribution in [1.82, 2.24) is 0 Å². The summed E-state index contributed by atoms with van der Waals surface area (Å²) in [4.78, 5) is 10.8. The van der Waals surface area contributed by atoms with Crippen LogP contribution in [0.25, 0.3) is 0 Å². The van der Waals surface area contributed by atoms with Gasteiger partial charge in [0.25, 0.3) is 0 Å². The van der Waals surface area contributed by atoms with E-state index in [1.807, 2.05) is 20.8 Å². The number of carbonyl (C=O) groups is 1. The highest BCUT2D eigenvalue weighted by molar-refractivity contribution is 5.70. The Morgan fingerprint density at radius 2 is 2.08 bits per heavy atom. The van der Waals surface area contributed by atoms with Gasteiger partial charge in [0.05, 0.1) is 0 Å². The highest BCUT2D eigenvalue weighted by atomic mass is 16.6. The first-order valence-corrected chi connectivity index (χ1v) is 4.29.